The number of carbonyl (C=O) groups is 4. The molecule has 0 amide bonds. The van der Waals surface area contributed by atoms with Crippen LogP contribution >= 0.6 is 0 Å². The quantitative estimate of drug-likeness (QED) is 0.299. The van der Waals surface area contributed by atoms with E-state index < -0.39 is 99.1 Å². The molecule has 264 valence electrons. The van der Waals surface area contributed by atoms with Crippen LogP contribution in [0, 0.1) is 39.9 Å². The number of esters is 4. The first kappa shape index (κ1) is 34.6. The minimum Gasteiger partial charge on any atom is -0.472 e. The summed E-state index contributed by atoms with van der Waals surface area (Å²) in [5.74, 6) is -7.76. The number of ether oxygens (including phenoxy) is 5. The molecular formula is C36H48O12. The largest absolute Gasteiger partial charge is 0.472 e. The molecule has 2 saturated heterocycles. The minimum atomic E-state index is -2.55. The van der Waals surface area contributed by atoms with Gasteiger partial charge < -0.3 is 38.3 Å². The van der Waals surface area contributed by atoms with Gasteiger partial charge in [0.05, 0.1) is 31.5 Å². The van der Waals surface area contributed by atoms with Gasteiger partial charge in [0.2, 0.25) is 5.79 Å². The maximum atomic E-state index is 13.8. The number of carbonyl (C=O) groups excluding carboxylic acids is 4. The molecular weight excluding hydrogens is 624 g/mol. The van der Waals surface area contributed by atoms with Gasteiger partial charge in [-0.2, -0.15) is 0 Å². The van der Waals surface area contributed by atoms with Crippen LogP contribution in [0.25, 0.3) is 0 Å². The molecule has 0 aromatic carbocycles. The van der Waals surface area contributed by atoms with Crippen molar-refractivity contribution in [1.82, 2.24) is 0 Å². The smallest absolute Gasteiger partial charge is 0.331 e. The average molecular weight is 673 g/mol. The third-order valence-electron chi connectivity index (χ3n) is 12.8. The standard InChI is InChI=1S/C36H48O12/c1-10-19(4)28(40)47-30-34-21(11-13-32(7)23(34)16-25(38)45-26(32)20-12-14-44-17-20)33(8)22(15-24(37)43-9)31(5,6)29(46-27(39)18(2)3)35(30,41)36(33,42)48-34/h12,14,16-19,21-22,26,29-30,41-42H,10-11,13,15H2,1-9H3/t19?,21-,22+,26+,29+,30+,32-,33-,34-,35+,36?/m1/s1. The number of methoxy groups -OCH3 is 1. The van der Waals surface area contributed by atoms with Gasteiger partial charge in [-0.1, -0.05) is 55.4 Å². The Balaban J connectivity index is 1.66. The highest BCUT2D eigenvalue weighted by molar-refractivity contribution is 5.86. The molecule has 12 heteroatoms. The van der Waals surface area contributed by atoms with Crippen LogP contribution in [0.15, 0.2) is 34.7 Å². The first-order valence-electron chi connectivity index (χ1n) is 16.9. The van der Waals surface area contributed by atoms with Crippen LogP contribution in [0.2, 0.25) is 0 Å². The highest BCUT2D eigenvalue weighted by atomic mass is 16.7. The van der Waals surface area contributed by atoms with E-state index in [2.05, 4.69) is 0 Å². The summed E-state index contributed by atoms with van der Waals surface area (Å²) in [6, 6.07) is 1.71. The molecule has 4 fully saturated rings. The molecule has 11 atom stereocenters. The maximum Gasteiger partial charge on any atom is 0.331 e. The van der Waals surface area contributed by atoms with E-state index >= 15 is 0 Å². The molecule has 1 aromatic heterocycles. The molecule has 0 radical (unpaired) electrons. The van der Waals surface area contributed by atoms with Gasteiger partial charge >= 0.3 is 23.9 Å². The topological polar surface area (TPSA) is 168 Å². The minimum absolute atomic E-state index is 0.197. The first-order chi connectivity index (χ1) is 22.3. The third kappa shape index (κ3) is 4.05. The number of fused-ring (bicyclic) bond motifs is 2. The summed E-state index contributed by atoms with van der Waals surface area (Å²) in [5.41, 5.74) is -6.92. The lowest BCUT2D eigenvalue weighted by molar-refractivity contribution is -0.386. The molecule has 2 bridgehead atoms. The summed E-state index contributed by atoms with van der Waals surface area (Å²) in [4.78, 5) is 53.8. The number of aliphatic hydroxyl groups is 2. The van der Waals surface area contributed by atoms with E-state index in [9.17, 15) is 29.4 Å². The average Bonchev–Trinajstić information content (AvgIpc) is 3.68. The van der Waals surface area contributed by atoms with Crippen LogP contribution in [0.5, 0.6) is 0 Å². The van der Waals surface area contributed by atoms with Crippen molar-refractivity contribution in [3.63, 3.8) is 0 Å². The number of rotatable bonds is 8. The van der Waals surface area contributed by atoms with Crippen molar-refractivity contribution in [2.75, 3.05) is 7.11 Å². The molecule has 2 unspecified atom stereocenters. The van der Waals surface area contributed by atoms with Crippen LogP contribution in [0.4, 0.5) is 0 Å². The van der Waals surface area contributed by atoms with Gasteiger partial charge in [-0.25, -0.2) is 4.79 Å². The number of furan rings is 1. The summed E-state index contributed by atoms with van der Waals surface area (Å²) in [6.45, 7) is 14.0. The molecule has 2 aliphatic carbocycles. The second kappa shape index (κ2) is 10.9. The third-order valence-corrected chi connectivity index (χ3v) is 12.8. The summed E-state index contributed by atoms with van der Waals surface area (Å²) in [7, 11) is 1.27. The second-order valence-electron chi connectivity index (χ2n) is 15.8. The van der Waals surface area contributed by atoms with Gasteiger partial charge in [-0.15, -0.1) is 0 Å². The summed E-state index contributed by atoms with van der Waals surface area (Å²) in [6.07, 6.45) is 1.36. The normalized spacial score (nSPS) is 42.6. The van der Waals surface area contributed by atoms with Crippen molar-refractivity contribution in [1.29, 1.82) is 0 Å². The summed E-state index contributed by atoms with van der Waals surface area (Å²) >= 11 is 0. The lowest BCUT2D eigenvalue weighted by Gasteiger charge is -2.69. The number of hydrogen-bond donors (Lipinski definition) is 2. The van der Waals surface area contributed by atoms with Crippen molar-refractivity contribution in [2.24, 2.45) is 39.9 Å². The Bertz CT molecular complexity index is 1550. The molecule has 2 N–H and O–H groups in total. The van der Waals surface area contributed by atoms with Crippen molar-refractivity contribution >= 4 is 23.9 Å². The molecule has 4 heterocycles. The summed E-state index contributed by atoms with van der Waals surface area (Å²) in [5, 5.41) is 26.5. The fourth-order valence-electron chi connectivity index (χ4n) is 10.2. The van der Waals surface area contributed by atoms with Crippen molar-refractivity contribution in [3.8, 4) is 0 Å². The molecule has 3 aliphatic heterocycles. The molecule has 5 aliphatic rings. The fraction of sp³-hybridized carbons (Fsp3) is 0.722. The monoisotopic (exact) mass is 672 g/mol. The van der Waals surface area contributed by atoms with E-state index in [1.54, 1.807) is 47.6 Å². The Labute approximate surface area is 280 Å². The molecule has 1 aromatic rings. The van der Waals surface area contributed by atoms with Crippen LogP contribution in [0.1, 0.15) is 92.7 Å². The van der Waals surface area contributed by atoms with Gasteiger partial charge in [0, 0.05) is 40.2 Å². The van der Waals surface area contributed by atoms with Crippen LogP contribution in [-0.2, 0) is 42.9 Å². The number of cyclic esters (lactones) is 1. The zero-order valence-electron chi connectivity index (χ0n) is 29.2. The van der Waals surface area contributed by atoms with E-state index in [0.29, 0.717) is 30.4 Å². The summed E-state index contributed by atoms with van der Waals surface area (Å²) < 4.78 is 35.8. The first-order valence-corrected chi connectivity index (χ1v) is 16.9. The Morgan fingerprint density at radius 1 is 1.04 bits per heavy atom. The lowest BCUT2D eigenvalue weighted by atomic mass is 9.36. The van der Waals surface area contributed by atoms with Gasteiger partial charge in [-0.3, -0.25) is 14.4 Å². The molecule has 1 spiro atoms. The number of hydrogen-bond acceptors (Lipinski definition) is 12. The Hall–Kier alpha value is -3.22. The van der Waals surface area contributed by atoms with Crippen molar-refractivity contribution in [2.45, 2.75) is 116 Å². The van der Waals surface area contributed by atoms with Crippen molar-refractivity contribution < 1.29 is 57.5 Å². The highest BCUT2D eigenvalue weighted by Gasteiger charge is 2.96. The predicted molar refractivity (Wildman–Crippen MR) is 166 cm³/mol. The molecule has 2 saturated carbocycles. The maximum absolute atomic E-state index is 13.8. The van der Waals surface area contributed by atoms with Gasteiger partial charge in [0.15, 0.2) is 11.7 Å². The highest BCUT2D eigenvalue weighted by Crippen LogP contribution is 2.82. The van der Waals surface area contributed by atoms with E-state index in [1.807, 2.05) is 13.8 Å². The molecule has 48 heavy (non-hydrogen) atoms. The molecule has 12 nitrogen and oxygen atoms in total. The van der Waals surface area contributed by atoms with Gasteiger partial charge in [0.25, 0.3) is 0 Å². The fourth-order valence-corrected chi connectivity index (χ4v) is 10.2. The Kier molecular flexibility index (Phi) is 7.86. The van der Waals surface area contributed by atoms with Crippen LogP contribution in [0.3, 0.4) is 0 Å². The van der Waals surface area contributed by atoms with Crippen LogP contribution < -0.4 is 0 Å². The molecule has 6 rings (SSSR count). The lowest BCUT2D eigenvalue weighted by Crippen LogP contribution is -2.84. The van der Waals surface area contributed by atoms with Gasteiger partial charge in [0.1, 0.15) is 17.8 Å². The van der Waals surface area contributed by atoms with Crippen molar-refractivity contribution in [3.05, 3.63) is 35.8 Å². The van der Waals surface area contributed by atoms with E-state index in [1.165, 1.54) is 25.7 Å². The van der Waals surface area contributed by atoms with E-state index in [0.717, 1.165) is 0 Å². The predicted octanol–water partition coefficient (Wildman–Crippen LogP) is 4.17. The SMILES string of the molecule is CCC(C)C(=O)O[C@H]1[C@@]23OC4(O)[C@@](C)([C@@H](CC(=O)OC)C(C)(C)[C@H](OC(=O)C(C)C)[C@]14O)[C@H]2CC[C@]1(C)C3=CC(=O)O[C@H]1c1ccoc1. The Morgan fingerprint density at radius 2 is 1.71 bits per heavy atom. The van der Waals surface area contributed by atoms with Crippen LogP contribution in [-0.4, -0.2) is 70.4 Å². The zero-order chi connectivity index (χ0) is 35.4. The van der Waals surface area contributed by atoms with E-state index in [4.69, 9.17) is 28.1 Å². The van der Waals surface area contributed by atoms with E-state index in [-0.39, 0.29) is 6.42 Å². The second-order valence-corrected chi connectivity index (χ2v) is 15.8. The zero-order valence-corrected chi connectivity index (χ0v) is 29.2. The Morgan fingerprint density at radius 3 is 2.29 bits per heavy atom. The van der Waals surface area contributed by atoms with Gasteiger partial charge in [-0.05, 0) is 36.8 Å².